The Kier molecular flexibility index (Phi) is 2.19. The van der Waals surface area contributed by atoms with E-state index in [2.05, 4.69) is 15.3 Å². The molecule has 3 N–H and O–H groups in total. The molecular formula is C11H15N5O. The van der Waals surface area contributed by atoms with Crippen LogP contribution in [0.1, 0.15) is 0 Å². The fourth-order valence-corrected chi connectivity index (χ4v) is 2.66. The summed E-state index contributed by atoms with van der Waals surface area (Å²) in [6, 6.07) is 5.72. The molecule has 0 aliphatic carbocycles. The molecule has 2 amide bonds. The average Bonchev–Trinajstić information content (AvgIpc) is 2.26. The maximum Gasteiger partial charge on any atom is 0.331 e. The van der Waals surface area contributed by atoms with Gasteiger partial charge in [0, 0.05) is 37.8 Å². The van der Waals surface area contributed by atoms with Crippen molar-refractivity contribution in [3.8, 4) is 0 Å². The summed E-state index contributed by atoms with van der Waals surface area (Å²) in [5.41, 5.74) is 2.42. The van der Waals surface area contributed by atoms with Crippen molar-refractivity contribution in [3.05, 3.63) is 24.4 Å². The number of hydrazine groups is 1. The number of hydrogen-bond acceptors (Lipinski definition) is 4. The van der Waals surface area contributed by atoms with E-state index in [1.54, 1.807) is 11.1 Å². The molecule has 3 rings (SSSR count). The van der Waals surface area contributed by atoms with E-state index in [-0.39, 0.29) is 11.4 Å². The number of hydrogen-bond donors (Lipinski definition) is 2. The second kappa shape index (κ2) is 3.59. The number of anilines is 1. The number of carbonyl (C=O) groups excluding carboxylic acids is 1. The Morgan fingerprint density at radius 2 is 2.12 bits per heavy atom. The Hall–Kier alpha value is -1.82. The molecule has 90 valence electrons. The largest absolute Gasteiger partial charge is 0.355 e. The molecule has 1 spiro atoms. The van der Waals surface area contributed by atoms with Gasteiger partial charge in [0.1, 0.15) is 5.82 Å². The van der Waals surface area contributed by atoms with Gasteiger partial charge in [-0.25, -0.2) is 15.6 Å². The molecule has 1 aromatic heterocycles. The van der Waals surface area contributed by atoms with Crippen molar-refractivity contribution >= 4 is 11.8 Å². The highest BCUT2D eigenvalue weighted by Crippen LogP contribution is 2.40. The Bertz CT molecular complexity index is 421. The first-order chi connectivity index (χ1) is 8.22. The molecular weight excluding hydrogens is 218 g/mol. The number of carbonyl (C=O) groups is 1. The lowest BCUT2D eigenvalue weighted by molar-refractivity contribution is 0.00742. The van der Waals surface area contributed by atoms with E-state index in [1.807, 2.05) is 18.2 Å². The number of urea groups is 1. The van der Waals surface area contributed by atoms with Crippen LogP contribution in [-0.4, -0.2) is 42.1 Å². The van der Waals surface area contributed by atoms with Crippen LogP contribution in [0.3, 0.4) is 0 Å². The minimum Gasteiger partial charge on any atom is -0.355 e. The number of pyridine rings is 1. The second-order valence-electron chi connectivity index (χ2n) is 4.85. The summed E-state index contributed by atoms with van der Waals surface area (Å²) in [6.45, 7) is 3.52. The van der Waals surface area contributed by atoms with Gasteiger partial charge < -0.3 is 9.80 Å². The summed E-state index contributed by atoms with van der Waals surface area (Å²) >= 11 is 0. The van der Waals surface area contributed by atoms with E-state index in [0.717, 1.165) is 32.0 Å². The van der Waals surface area contributed by atoms with E-state index >= 15 is 0 Å². The molecule has 3 heterocycles. The van der Waals surface area contributed by atoms with E-state index in [4.69, 9.17) is 5.84 Å². The zero-order valence-corrected chi connectivity index (χ0v) is 9.47. The lowest BCUT2D eigenvalue weighted by Gasteiger charge is -2.60. The summed E-state index contributed by atoms with van der Waals surface area (Å²) in [5.74, 6) is 6.10. The van der Waals surface area contributed by atoms with E-state index in [9.17, 15) is 4.79 Å². The van der Waals surface area contributed by atoms with Crippen LogP contribution < -0.4 is 16.2 Å². The molecule has 2 saturated heterocycles. The summed E-state index contributed by atoms with van der Waals surface area (Å²) in [4.78, 5) is 19.5. The highest BCUT2D eigenvalue weighted by Gasteiger charge is 2.53. The summed E-state index contributed by atoms with van der Waals surface area (Å²) in [5, 5.41) is 0. The highest BCUT2D eigenvalue weighted by atomic mass is 16.2. The fraction of sp³-hybridized carbons (Fsp3) is 0.455. The van der Waals surface area contributed by atoms with Gasteiger partial charge in [0.25, 0.3) is 0 Å². The summed E-state index contributed by atoms with van der Waals surface area (Å²) in [6.07, 6.45) is 1.80. The van der Waals surface area contributed by atoms with Crippen LogP contribution in [0.4, 0.5) is 10.6 Å². The number of nitrogens with one attached hydrogen (secondary N) is 1. The number of nitrogens with two attached hydrogens (primary N) is 1. The first-order valence-electron chi connectivity index (χ1n) is 5.64. The maximum atomic E-state index is 11.2. The van der Waals surface area contributed by atoms with Gasteiger partial charge in [-0.3, -0.25) is 5.43 Å². The van der Waals surface area contributed by atoms with Crippen LogP contribution in [0.15, 0.2) is 24.4 Å². The van der Waals surface area contributed by atoms with Gasteiger partial charge in [-0.2, -0.15) is 0 Å². The Balaban J connectivity index is 1.55. The first-order valence-corrected chi connectivity index (χ1v) is 5.64. The molecule has 2 fully saturated rings. The first kappa shape index (κ1) is 10.3. The Morgan fingerprint density at radius 1 is 1.35 bits per heavy atom. The van der Waals surface area contributed by atoms with E-state index in [0.29, 0.717) is 0 Å². The molecule has 17 heavy (non-hydrogen) atoms. The lowest BCUT2D eigenvalue weighted by Crippen LogP contribution is -2.74. The van der Waals surface area contributed by atoms with Crippen molar-refractivity contribution < 1.29 is 4.79 Å². The molecule has 0 bridgehead atoms. The normalized spacial score (nSPS) is 20.8. The van der Waals surface area contributed by atoms with Crippen molar-refractivity contribution in [1.82, 2.24) is 15.3 Å². The van der Waals surface area contributed by atoms with Crippen LogP contribution in [0.25, 0.3) is 0 Å². The molecule has 0 radical (unpaired) electrons. The standard InChI is InChI=1S/C11H15N5O/c12-14-10(17)16-7-11(8-16)5-15(6-11)9-3-1-2-4-13-9/h1-4H,5-8,12H2,(H,14,17). The van der Waals surface area contributed by atoms with Crippen LogP contribution >= 0.6 is 0 Å². The molecule has 0 saturated carbocycles. The SMILES string of the molecule is NNC(=O)N1CC2(C1)CN(c1ccccn1)C2. The van der Waals surface area contributed by atoms with Gasteiger partial charge in [-0.1, -0.05) is 6.07 Å². The molecule has 1 aromatic rings. The molecule has 6 nitrogen and oxygen atoms in total. The van der Waals surface area contributed by atoms with Gasteiger partial charge in [-0.05, 0) is 12.1 Å². The van der Waals surface area contributed by atoms with Gasteiger partial charge in [-0.15, -0.1) is 0 Å². The summed E-state index contributed by atoms with van der Waals surface area (Å²) in [7, 11) is 0. The van der Waals surface area contributed by atoms with Crippen molar-refractivity contribution in [3.63, 3.8) is 0 Å². The monoisotopic (exact) mass is 233 g/mol. The molecule has 2 aliphatic rings. The third-order valence-corrected chi connectivity index (χ3v) is 3.49. The van der Waals surface area contributed by atoms with Gasteiger partial charge >= 0.3 is 6.03 Å². The number of rotatable bonds is 1. The highest BCUT2D eigenvalue weighted by molar-refractivity contribution is 5.75. The van der Waals surface area contributed by atoms with Crippen LogP contribution in [0, 0.1) is 5.41 Å². The van der Waals surface area contributed by atoms with E-state index < -0.39 is 0 Å². The third-order valence-electron chi connectivity index (χ3n) is 3.49. The Labute approximate surface area is 99.4 Å². The van der Waals surface area contributed by atoms with Crippen LogP contribution in [-0.2, 0) is 0 Å². The topological polar surface area (TPSA) is 74.5 Å². The van der Waals surface area contributed by atoms with Gasteiger partial charge in [0.15, 0.2) is 0 Å². The third kappa shape index (κ3) is 1.61. The zero-order valence-electron chi connectivity index (χ0n) is 9.47. The molecule has 2 aliphatic heterocycles. The lowest BCUT2D eigenvalue weighted by atomic mass is 9.73. The van der Waals surface area contributed by atoms with Crippen molar-refractivity contribution in [2.45, 2.75) is 0 Å². The van der Waals surface area contributed by atoms with Crippen molar-refractivity contribution in [2.75, 3.05) is 31.1 Å². The number of amides is 2. The van der Waals surface area contributed by atoms with Gasteiger partial charge in [0.2, 0.25) is 0 Å². The number of aromatic nitrogens is 1. The van der Waals surface area contributed by atoms with E-state index in [1.165, 1.54) is 0 Å². The maximum absolute atomic E-state index is 11.2. The predicted octanol–water partition coefficient (Wildman–Crippen LogP) is -0.213. The van der Waals surface area contributed by atoms with Gasteiger partial charge in [0.05, 0.1) is 0 Å². The zero-order chi connectivity index (χ0) is 11.9. The van der Waals surface area contributed by atoms with Crippen LogP contribution in [0.2, 0.25) is 0 Å². The van der Waals surface area contributed by atoms with Crippen molar-refractivity contribution in [1.29, 1.82) is 0 Å². The molecule has 0 atom stereocenters. The minimum atomic E-state index is -0.188. The van der Waals surface area contributed by atoms with Crippen LogP contribution in [0.5, 0.6) is 0 Å². The number of likely N-dealkylation sites (tertiary alicyclic amines) is 1. The Morgan fingerprint density at radius 3 is 2.71 bits per heavy atom. The predicted molar refractivity (Wildman–Crippen MR) is 63.2 cm³/mol. The summed E-state index contributed by atoms with van der Waals surface area (Å²) < 4.78 is 0. The number of nitrogens with zero attached hydrogens (tertiary/aromatic N) is 3. The van der Waals surface area contributed by atoms with Crippen molar-refractivity contribution in [2.24, 2.45) is 11.3 Å². The average molecular weight is 233 g/mol. The smallest absolute Gasteiger partial charge is 0.331 e. The quantitative estimate of drug-likeness (QED) is 0.400. The molecule has 6 heteroatoms. The molecule has 0 unspecified atom stereocenters. The molecule has 0 aromatic carbocycles. The fourth-order valence-electron chi connectivity index (χ4n) is 2.66. The minimum absolute atomic E-state index is 0.188. The second-order valence-corrected chi connectivity index (χ2v) is 4.85.